The highest BCUT2D eigenvalue weighted by molar-refractivity contribution is 9.09. The zero-order valence-corrected chi connectivity index (χ0v) is 15.7. The van der Waals surface area contributed by atoms with Crippen LogP contribution in [0.15, 0.2) is 18.2 Å². The Morgan fingerprint density at radius 3 is 2.62 bits per heavy atom. The summed E-state index contributed by atoms with van der Waals surface area (Å²) in [5.41, 5.74) is 2.13. The van der Waals surface area contributed by atoms with Gasteiger partial charge in [0.05, 0.1) is 0 Å². The molecule has 1 aromatic carbocycles. The normalized spacial score (nSPS) is 17.3. The highest BCUT2D eigenvalue weighted by Crippen LogP contribution is 2.35. The Morgan fingerprint density at radius 1 is 1.24 bits per heavy atom. The smallest absolute Gasteiger partial charge is 0.126 e. The molecule has 0 nitrogen and oxygen atoms in total. The summed E-state index contributed by atoms with van der Waals surface area (Å²) in [7, 11) is -0.101. The molecule has 0 amide bonds. The molecule has 1 aliphatic heterocycles. The molecular weight excluding hydrogens is 343 g/mol. The summed E-state index contributed by atoms with van der Waals surface area (Å²) in [6, 6.07) is 10.4. The maximum atomic E-state index is 14.1. The summed E-state index contributed by atoms with van der Waals surface area (Å²) in [6.07, 6.45) is 7.16. The van der Waals surface area contributed by atoms with Crippen LogP contribution < -0.4 is 0 Å². The largest absolute Gasteiger partial charge is 0.207 e. The molecule has 0 atom stereocenters. The molecule has 1 aliphatic rings. The summed E-state index contributed by atoms with van der Waals surface area (Å²) in [5, 5.41) is 1.15. The lowest BCUT2D eigenvalue weighted by atomic mass is 9.92. The van der Waals surface area contributed by atoms with Crippen molar-refractivity contribution in [3.63, 3.8) is 0 Å². The van der Waals surface area contributed by atoms with Crippen molar-refractivity contribution in [2.75, 3.05) is 5.33 Å². The minimum Gasteiger partial charge on any atom is -0.207 e. The number of alkyl halides is 1. The molecule has 0 unspecified atom stereocenters. The number of benzene rings is 1. The van der Waals surface area contributed by atoms with Gasteiger partial charge >= 0.3 is 0 Å². The first kappa shape index (κ1) is 17.2. The van der Waals surface area contributed by atoms with E-state index in [9.17, 15) is 4.39 Å². The molecule has 21 heavy (non-hydrogen) atoms. The van der Waals surface area contributed by atoms with Crippen LogP contribution in [0.2, 0.25) is 18.1 Å². The van der Waals surface area contributed by atoms with Gasteiger partial charge in [-0.1, -0.05) is 66.0 Å². The number of hydrogen-bond donors (Lipinski definition) is 0. The topological polar surface area (TPSA) is 0 Å². The second kappa shape index (κ2) is 9.09. The quantitative estimate of drug-likeness (QED) is 0.299. The first-order valence-corrected chi connectivity index (χ1v) is 11.7. The molecule has 1 radical (unpaired) electrons. The minimum atomic E-state index is -0.101. The summed E-state index contributed by atoms with van der Waals surface area (Å²) in [6.45, 7) is 2.10. The lowest BCUT2D eigenvalue weighted by Crippen LogP contribution is -2.20. The third-order valence-corrected chi connectivity index (χ3v) is 8.29. The SMILES string of the molecule is CCCc1ccc(C2CC[Si](CCCCBr)CC2)cc1F. The van der Waals surface area contributed by atoms with E-state index in [1.807, 2.05) is 12.1 Å². The number of hydrogen-bond acceptors (Lipinski definition) is 0. The van der Waals surface area contributed by atoms with Crippen molar-refractivity contribution in [3.05, 3.63) is 35.1 Å². The number of aryl methyl sites for hydroxylation is 1. The Balaban J connectivity index is 1.85. The number of halogens is 2. The van der Waals surface area contributed by atoms with Gasteiger partial charge in [-0.2, -0.15) is 0 Å². The summed E-state index contributed by atoms with van der Waals surface area (Å²) in [4.78, 5) is 0. The Labute approximate surface area is 139 Å². The van der Waals surface area contributed by atoms with Crippen molar-refractivity contribution in [1.29, 1.82) is 0 Å². The lowest BCUT2D eigenvalue weighted by Gasteiger charge is -2.28. The molecule has 1 saturated heterocycles. The van der Waals surface area contributed by atoms with Crippen molar-refractivity contribution in [2.45, 2.75) is 69.5 Å². The highest BCUT2D eigenvalue weighted by Gasteiger charge is 2.23. The van der Waals surface area contributed by atoms with Crippen LogP contribution in [0, 0.1) is 5.82 Å². The molecule has 0 bridgehead atoms. The molecule has 1 heterocycles. The third-order valence-electron chi connectivity index (χ3n) is 4.67. The Hall–Kier alpha value is -0.153. The van der Waals surface area contributed by atoms with Gasteiger partial charge in [0.25, 0.3) is 0 Å². The fourth-order valence-electron chi connectivity index (χ4n) is 3.37. The van der Waals surface area contributed by atoms with Gasteiger partial charge in [0.15, 0.2) is 0 Å². The summed E-state index contributed by atoms with van der Waals surface area (Å²) >= 11 is 3.51. The van der Waals surface area contributed by atoms with Gasteiger partial charge in [0, 0.05) is 14.1 Å². The highest BCUT2D eigenvalue weighted by atomic mass is 79.9. The van der Waals surface area contributed by atoms with Crippen molar-refractivity contribution in [3.8, 4) is 0 Å². The van der Waals surface area contributed by atoms with E-state index in [1.165, 1.54) is 49.4 Å². The molecule has 1 aromatic rings. The van der Waals surface area contributed by atoms with E-state index in [1.54, 1.807) is 0 Å². The predicted octanol–water partition coefficient (Wildman–Crippen LogP) is 6.33. The van der Waals surface area contributed by atoms with Crippen LogP contribution in [0.3, 0.4) is 0 Å². The summed E-state index contributed by atoms with van der Waals surface area (Å²) < 4.78 is 14.1. The molecule has 0 aromatic heterocycles. The number of unbranched alkanes of at least 4 members (excludes halogenated alkanes) is 1. The van der Waals surface area contributed by atoms with E-state index in [0.717, 1.165) is 23.7 Å². The van der Waals surface area contributed by atoms with Gasteiger partial charge in [-0.05, 0) is 48.8 Å². The van der Waals surface area contributed by atoms with E-state index in [2.05, 4.69) is 28.9 Å². The molecule has 1 fully saturated rings. The van der Waals surface area contributed by atoms with Crippen molar-refractivity contribution < 1.29 is 4.39 Å². The fraction of sp³-hybridized carbons (Fsp3) is 0.667. The second-order valence-corrected chi connectivity index (χ2v) is 10.1. The monoisotopic (exact) mass is 369 g/mol. The predicted molar refractivity (Wildman–Crippen MR) is 95.6 cm³/mol. The van der Waals surface area contributed by atoms with Gasteiger partial charge in [0.1, 0.15) is 5.82 Å². The molecule has 117 valence electrons. The van der Waals surface area contributed by atoms with Gasteiger partial charge in [-0.25, -0.2) is 4.39 Å². The molecule has 0 N–H and O–H groups in total. The van der Waals surface area contributed by atoms with E-state index in [-0.39, 0.29) is 14.6 Å². The van der Waals surface area contributed by atoms with E-state index in [0.29, 0.717) is 5.92 Å². The second-order valence-electron chi connectivity index (χ2n) is 6.27. The minimum absolute atomic E-state index is 0.0165. The van der Waals surface area contributed by atoms with Crippen molar-refractivity contribution in [2.24, 2.45) is 0 Å². The van der Waals surface area contributed by atoms with Crippen LogP contribution in [0.25, 0.3) is 0 Å². The molecule has 0 spiro atoms. The first-order chi connectivity index (χ1) is 10.2. The Morgan fingerprint density at radius 2 is 2.00 bits per heavy atom. The van der Waals surface area contributed by atoms with Gasteiger partial charge in [-0.3, -0.25) is 0 Å². The Bertz CT molecular complexity index is 427. The van der Waals surface area contributed by atoms with Crippen LogP contribution in [0.1, 0.15) is 56.1 Å². The van der Waals surface area contributed by atoms with Crippen LogP contribution in [0.5, 0.6) is 0 Å². The summed E-state index contributed by atoms with van der Waals surface area (Å²) in [5.74, 6) is 0.628. The van der Waals surface area contributed by atoms with E-state index < -0.39 is 0 Å². The molecule has 3 heteroatoms. The van der Waals surface area contributed by atoms with Crippen LogP contribution in [0.4, 0.5) is 4.39 Å². The van der Waals surface area contributed by atoms with Gasteiger partial charge in [-0.15, -0.1) is 0 Å². The molecule has 2 rings (SSSR count). The average molecular weight is 370 g/mol. The Kier molecular flexibility index (Phi) is 7.45. The van der Waals surface area contributed by atoms with E-state index in [4.69, 9.17) is 0 Å². The van der Waals surface area contributed by atoms with Crippen molar-refractivity contribution in [1.82, 2.24) is 0 Å². The van der Waals surface area contributed by atoms with Crippen LogP contribution in [-0.2, 0) is 6.42 Å². The maximum absolute atomic E-state index is 14.1. The van der Waals surface area contributed by atoms with Crippen LogP contribution >= 0.6 is 15.9 Å². The van der Waals surface area contributed by atoms with Crippen LogP contribution in [-0.4, -0.2) is 14.1 Å². The zero-order valence-electron chi connectivity index (χ0n) is 13.1. The van der Waals surface area contributed by atoms with E-state index >= 15 is 0 Å². The molecule has 0 saturated carbocycles. The average Bonchev–Trinajstić information content (AvgIpc) is 2.50. The van der Waals surface area contributed by atoms with Crippen molar-refractivity contribution >= 4 is 24.7 Å². The molecular formula is C18H27BrFSi. The van der Waals surface area contributed by atoms with Gasteiger partial charge < -0.3 is 0 Å². The molecule has 0 aliphatic carbocycles. The van der Waals surface area contributed by atoms with Gasteiger partial charge in [0.2, 0.25) is 0 Å². The zero-order chi connectivity index (χ0) is 15.1. The first-order valence-electron chi connectivity index (χ1n) is 8.42. The maximum Gasteiger partial charge on any atom is 0.126 e. The lowest BCUT2D eigenvalue weighted by molar-refractivity contribution is 0.578. The third kappa shape index (κ3) is 5.21. The number of rotatable bonds is 7. The fourth-order valence-corrected chi connectivity index (χ4v) is 6.78. The standard InChI is InChI=1S/C18H27BrFSi/c1-2-5-16-6-7-17(14-18(16)20)15-8-12-21(13-9-15)11-4-3-10-19/h6-7,14-15H,2-5,8-13H2,1H3.